The monoisotopic (exact) mass is 219 g/mol. The van der Waals surface area contributed by atoms with E-state index in [1.54, 1.807) is 13.0 Å². The van der Waals surface area contributed by atoms with Crippen molar-refractivity contribution in [3.05, 3.63) is 47.5 Å². The van der Waals surface area contributed by atoms with Crippen LogP contribution in [0.3, 0.4) is 0 Å². The molecule has 0 aliphatic carbocycles. The van der Waals surface area contributed by atoms with Gasteiger partial charge in [-0.05, 0) is 25.5 Å². The summed E-state index contributed by atoms with van der Waals surface area (Å²) in [6, 6.07) is 10.1. The van der Waals surface area contributed by atoms with Gasteiger partial charge in [-0.3, -0.25) is 0 Å². The molecule has 0 aromatic heterocycles. The third-order valence-electron chi connectivity index (χ3n) is 2.28. The first-order chi connectivity index (χ1) is 7.70. The minimum atomic E-state index is -0.844. The molecule has 0 aliphatic rings. The molecule has 0 saturated heterocycles. The molecule has 0 unspecified atom stereocenters. The Hall–Kier alpha value is -1.61. The molecule has 1 aromatic rings. The van der Waals surface area contributed by atoms with E-state index in [0.717, 1.165) is 19.5 Å². The Morgan fingerprint density at radius 1 is 1.38 bits per heavy atom. The second kappa shape index (κ2) is 6.80. The van der Waals surface area contributed by atoms with Gasteiger partial charge in [0.2, 0.25) is 0 Å². The van der Waals surface area contributed by atoms with Crippen molar-refractivity contribution in [1.29, 1.82) is 0 Å². The van der Waals surface area contributed by atoms with Gasteiger partial charge in [-0.1, -0.05) is 36.4 Å². The zero-order valence-electron chi connectivity index (χ0n) is 9.44. The van der Waals surface area contributed by atoms with E-state index in [4.69, 9.17) is 5.11 Å². The van der Waals surface area contributed by atoms with Gasteiger partial charge in [0.05, 0.1) is 0 Å². The molecule has 3 heteroatoms. The number of hydrogen-bond donors (Lipinski definition) is 2. The molecule has 0 atom stereocenters. The van der Waals surface area contributed by atoms with Gasteiger partial charge in [0.15, 0.2) is 0 Å². The molecule has 86 valence electrons. The summed E-state index contributed by atoms with van der Waals surface area (Å²) < 4.78 is 0. The van der Waals surface area contributed by atoms with E-state index >= 15 is 0 Å². The molecule has 2 N–H and O–H groups in total. The van der Waals surface area contributed by atoms with Crippen LogP contribution in [0.5, 0.6) is 0 Å². The Morgan fingerprint density at radius 3 is 2.69 bits per heavy atom. The molecular formula is C13H17NO2. The molecule has 1 rings (SSSR count). The zero-order valence-corrected chi connectivity index (χ0v) is 9.44. The van der Waals surface area contributed by atoms with Crippen molar-refractivity contribution >= 4 is 5.97 Å². The third kappa shape index (κ3) is 4.75. The normalized spacial score (nSPS) is 11.4. The van der Waals surface area contributed by atoms with E-state index in [1.807, 2.05) is 18.2 Å². The Bertz CT molecular complexity index is 357. The van der Waals surface area contributed by atoms with Crippen molar-refractivity contribution in [3.63, 3.8) is 0 Å². The number of rotatable bonds is 6. The standard InChI is InChI=1S/C13H17NO2/c1-11(13(15)16)6-5-9-14-10-12-7-3-2-4-8-12/h2-4,6-8,14H,5,9-10H2,1H3,(H,15,16). The molecule has 0 amide bonds. The summed E-state index contributed by atoms with van der Waals surface area (Å²) in [6.45, 7) is 3.22. The van der Waals surface area contributed by atoms with Gasteiger partial charge < -0.3 is 10.4 Å². The van der Waals surface area contributed by atoms with Gasteiger partial charge in [-0.2, -0.15) is 0 Å². The van der Waals surface area contributed by atoms with Crippen molar-refractivity contribution in [2.75, 3.05) is 6.54 Å². The quantitative estimate of drug-likeness (QED) is 0.569. The number of nitrogens with one attached hydrogen (secondary N) is 1. The first kappa shape index (κ1) is 12.5. The lowest BCUT2D eigenvalue weighted by Crippen LogP contribution is -2.14. The van der Waals surface area contributed by atoms with Crippen LogP contribution in [0.1, 0.15) is 18.9 Å². The second-order valence-corrected chi connectivity index (χ2v) is 3.64. The van der Waals surface area contributed by atoms with Crippen LogP contribution in [0.2, 0.25) is 0 Å². The lowest BCUT2D eigenvalue weighted by atomic mass is 10.2. The SMILES string of the molecule is CC(=CCCNCc1ccccc1)C(=O)O. The van der Waals surface area contributed by atoms with Crippen LogP contribution in [0, 0.1) is 0 Å². The predicted octanol–water partition coefficient (Wildman–Crippen LogP) is 2.20. The average molecular weight is 219 g/mol. The maximum Gasteiger partial charge on any atom is 0.330 e. The maximum atomic E-state index is 10.5. The molecule has 0 aliphatic heterocycles. The predicted molar refractivity (Wildman–Crippen MR) is 64.2 cm³/mol. The highest BCUT2D eigenvalue weighted by Crippen LogP contribution is 1.98. The van der Waals surface area contributed by atoms with Crippen molar-refractivity contribution in [3.8, 4) is 0 Å². The molecule has 0 radical (unpaired) electrons. The highest BCUT2D eigenvalue weighted by Gasteiger charge is 1.97. The molecule has 0 heterocycles. The van der Waals surface area contributed by atoms with Crippen molar-refractivity contribution < 1.29 is 9.90 Å². The highest BCUT2D eigenvalue weighted by molar-refractivity contribution is 5.85. The molecule has 0 fully saturated rings. The first-order valence-electron chi connectivity index (χ1n) is 5.35. The summed E-state index contributed by atoms with van der Waals surface area (Å²) in [6.07, 6.45) is 2.48. The Morgan fingerprint density at radius 2 is 2.06 bits per heavy atom. The molecule has 3 nitrogen and oxygen atoms in total. The van der Waals surface area contributed by atoms with Gasteiger partial charge in [0.25, 0.3) is 0 Å². The molecule has 0 spiro atoms. The molecule has 16 heavy (non-hydrogen) atoms. The van der Waals surface area contributed by atoms with Crippen LogP contribution in [-0.2, 0) is 11.3 Å². The number of benzene rings is 1. The van der Waals surface area contributed by atoms with E-state index in [1.165, 1.54) is 5.56 Å². The van der Waals surface area contributed by atoms with Crippen molar-refractivity contribution in [2.24, 2.45) is 0 Å². The van der Waals surface area contributed by atoms with E-state index in [9.17, 15) is 4.79 Å². The lowest BCUT2D eigenvalue weighted by Gasteiger charge is -2.02. The van der Waals surface area contributed by atoms with Crippen LogP contribution in [0.4, 0.5) is 0 Å². The zero-order chi connectivity index (χ0) is 11.8. The fraction of sp³-hybridized carbons (Fsp3) is 0.308. The largest absolute Gasteiger partial charge is 0.478 e. The van der Waals surface area contributed by atoms with Gasteiger partial charge in [-0.25, -0.2) is 4.79 Å². The van der Waals surface area contributed by atoms with Crippen LogP contribution in [0.15, 0.2) is 42.0 Å². The minimum Gasteiger partial charge on any atom is -0.478 e. The van der Waals surface area contributed by atoms with Crippen LogP contribution in [0.25, 0.3) is 0 Å². The lowest BCUT2D eigenvalue weighted by molar-refractivity contribution is -0.132. The van der Waals surface area contributed by atoms with Crippen LogP contribution >= 0.6 is 0 Å². The Labute approximate surface area is 95.8 Å². The summed E-state index contributed by atoms with van der Waals surface area (Å²) in [7, 11) is 0. The molecule has 1 aromatic carbocycles. The van der Waals surface area contributed by atoms with E-state index in [0.29, 0.717) is 5.57 Å². The average Bonchev–Trinajstić information content (AvgIpc) is 2.29. The van der Waals surface area contributed by atoms with E-state index in [2.05, 4.69) is 17.4 Å². The van der Waals surface area contributed by atoms with Crippen LogP contribution < -0.4 is 5.32 Å². The topological polar surface area (TPSA) is 49.3 Å². The van der Waals surface area contributed by atoms with Crippen molar-refractivity contribution in [1.82, 2.24) is 5.32 Å². The van der Waals surface area contributed by atoms with Crippen LogP contribution in [-0.4, -0.2) is 17.6 Å². The fourth-order valence-corrected chi connectivity index (χ4v) is 1.31. The summed E-state index contributed by atoms with van der Waals surface area (Å²) >= 11 is 0. The summed E-state index contributed by atoms with van der Waals surface area (Å²) in [5.41, 5.74) is 1.64. The smallest absolute Gasteiger partial charge is 0.330 e. The first-order valence-corrected chi connectivity index (χ1v) is 5.35. The summed E-state index contributed by atoms with van der Waals surface area (Å²) in [4.78, 5) is 10.5. The van der Waals surface area contributed by atoms with Gasteiger partial charge in [0.1, 0.15) is 0 Å². The number of carbonyl (C=O) groups is 1. The fourth-order valence-electron chi connectivity index (χ4n) is 1.31. The molecular weight excluding hydrogens is 202 g/mol. The summed E-state index contributed by atoms with van der Waals surface area (Å²) in [5.74, 6) is -0.844. The Kier molecular flexibility index (Phi) is 5.29. The Balaban J connectivity index is 2.18. The second-order valence-electron chi connectivity index (χ2n) is 3.64. The van der Waals surface area contributed by atoms with Gasteiger partial charge in [-0.15, -0.1) is 0 Å². The van der Waals surface area contributed by atoms with Gasteiger partial charge in [0, 0.05) is 12.1 Å². The molecule has 0 bridgehead atoms. The van der Waals surface area contributed by atoms with Gasteiger partial charge >= 0.3 is 5.97 Å². The third-order valence-corrected chi connectivity index (χ3v) is 2.28. The number of aliphatic carboxylic acids is 1. The number of carboxylic acids is 1. The maximum absolute atomic E-state index is 10.5. The van der Waals surface area contributed by atoms with E-state index < -0.39 is 5.97 Å². The summed E-state index contributed by atoms with van der Waals surface area (Å²) in [5, 5.41) is 11.9. The number of hydrogen-bond acceptors (Lipinski definition) is 2. The van der Waals surface area contributed by atoms with E-state index in [-0.39, 0.29) is 0 Å². The van der Waals surface area contributed by atoms with Crippen molar-refractivity contribution in [2.45, 2.75) is 19.9 Å². The highest BCUT2D eigenvalue weighted by atomic mass is 16.4. The number of carboxylic acid groups (broad SMARTS) is 1. The molecule has 0 saturated carbocycles. The minimum absolute atomic E-state index is 0.404.